The molecule has 4 heteroatoms. The zero-order valence-corrected chi connectivity index (χ0v) is 13.3. The van der Waals surface area contributed by atoms with Gasteiger partial charge in [-0.3, -0.25) is 9.69 Å². The van der Waals surface area contributed by atoms with Gasteiger partial charge in [-0.1, -0.05) is 50.2 Å². The summed E-state index contributed by atoms with van der Waals surface area (Å²) in [5.41, 5.74) is 1.07. The van der Waals surface area contributed by atoms with Crippen molar-refractivity contribution in [3.05, 3.63) is 66.2 Å². The maximum atomic E-state index is 12.9. The van der Waals surface area contributed by atoms with Crippen molar-refractivity contribution >= 4 is 17.6 Å². The lowest BCUT2D eigenvalue weighted by Crippen LogP contribution is -2.46. The van der Waals surface area contributed by atoms with E-state index >= 15 is 0 Å². The van der Waals surface area contributed by atoms with Gasteiger partial charge in [0.15, 0.2) is 0 Å². The van der Waals surface area contributed by atoms with Crippen molar-refractivity contribution < 1.29 is 14.7 Å². The number of amides is 1. The van der Waals surface area contributed by atoms with E-state index in [1.807, 2.05) is 26.0 Å². The van der Waals surface area contributed by atoms with Gasteiger partial charge in [0.05, 0.1) is 0 Å². The molecule has 0 aliphatic carbocycles. The van der Waals surface area contributed by atoms with Gasteiger partial charge >= 0.3 is 5.97 Å². The average molecular weight is 311 g/mol. The number of nitrogens with zero attached hydrogens (tertiary/aromatic N) is 1. The van der Waals surface area contributed by atoms with E-state index in [-0.39, 0.29) is 11.8 Å². The Morgan fingerprint density at radius 2 is 1.48 bits per heavy atom. The third kappa shape index (κ3) is 4.19. The van der Waals surface area contributed by atoms with Gasteiger partial charge in [-0.05, 0) is 36.6 Å². The largest absolute Gasteiger partial charge is 0.480 e. The van der Waals surface area contributed by atoms with Gasteiger partial charge < -0.3 is 5.11 Å². The van der Waals surface area contributed by atoms with Crippen molar-refractivity contribution in [3.8, 4) is 0 Å². The molecule has 0 spiro atoms. The number of carbonyl (C=O) groups excluding carboxylic acids is 1. The van der Waals surface area contributed by atoms with E-state index in [9.17, 15) is 14.7 Å². The van der Waals surface area contributed by atoms with Gasteiger partial charge in [-0.15, -0.1) is 0 Å². The summed E-state index contributed by atoms with van der Waals surface area (Å²) in [4.78, 5) is 26.1. The van der Waals surface area contributed by atoms with E-state index in [4.69, 9.17) is 0 Å². The van der Waals surface area contributed by atoms with Crippen LogP contribution in [0, 0.1) is 5.92 Å². The smallest absolute Gasteiger partial charge is 0.326 e. The number of anilines is 1. The number of benzene rings is 2. The van der Waals surface area contributed by atoms with E-state index in [0.717, 1.165) is 0 Å². The Bertz CT molecular complexity index is 653. The highest BCUT2D eigenvalue weighted by Crippen LogP contribution is 2.23. The lowest BCUT2D eigenvalue weighted by atomic mass is 10.0. The van der Waals surface area contributed by atoms with E-state index in [1.165, 1.54) is 4.90 Å². The Morgan fingerprint density at radius 3 is 1.96 bits per heavy atom. The summed E-state index contributed by atoms with van der Waals surface area (Å²) in [6.07, 6.45) is 0.392. The number of carboxylic acid groups (broad SMARTS) is 1. The maximum absolute atomic E-state index is 12.9. The Labute approximate surface area is 136 Å². The summed E-state index contributed by atoms with van der Waals surface area (Å²) in [6, 6.07) is 16.8. The molecule has 120 valence electrons. The van der Waals surface area contributed by atoms with Crippen LogP contribution < -0.4 is 4.90 Å². The van der Waals surface area contributed by atoms with E-state index < -0.39 is 12.0 Å². The first-order valence-electron chi connectivity index (χ1n) is 7.67. The van der Waals surface area contributed by atoms with Crippen molar-refractivity contribution in [1.29, 1.82) is 0 Å². The lowest BCUT2D eigenvalue weighted by Gasteiger charge is -2.30. The van der Waals surface area contributed by atoms with Crippen LogP contribution in [0.2, 0.25) is 0 Å². The van der Waals surface area contributed by atoms with Gasteiger partial charge in [0.2, 0.25) is 0 Å². The summed E-state index contributed by atoms with van der Waals surface area (Å²) in [7, 11) is 0. The Morgan fingerprint density at radius 1 is 0.957 bits per heavy atom. The molecule has 0 saturated carbocycles. The minimum Gasteiger partial charge on any atom is -0.480 e. The summed E-state index contributed by atoms with van der Waals surface area (Å²) in [5.74, 6) is -1.14. The number of aliphatic carboxylic acids is 1. The van der Waals surface area contributed by atoms with Crippen molar-refractivity contribution in [2.75, 3.05) is 4.90 Å². The molecule has 0 fully saturated rings. The quantitative estimate of drug-likeness (QED) is 0.882. The van der Waals surface area contributed by atoms with Crippen LogP contribution in [0.5, 0.6) is 0 Å². The molecule has 0 unspecified atom stereocenters. The molecule has 2 aromatic carbocycles. The van der Waals surface area contributed by atoms with E-state index in [1.54, 1.807) is 48.5 Å². The second-order valence-electron chi connectivity index (χ2n) is 5.86. The van der Waals surface area contributed by atoms with Gasteiger partial charge in [-0.2, -0.15) is 0 Å². The zero-order valence-electron chi connectivity index (χ0n) is 13.3. The van der Waals surface area contributed by atoms with Crippen LogP contribution in [0.4, 0.5) is 5.69 Å². The second kappa shape index (κ2) is 7.58. The fourth-order valence-corrected chi connectivity index (χ4v) is 2.51. The first-order valence-corrected chi connectivity index (χ1v) is 7.67. The predicted molar refractivity (Wildman–Crippen MR) is 90.6 cm³/mol. The van der Waals surface area contributed by atoms with Crippen molar-refractivity contribution in [3.63, 3.8) is 0 Å². The molecule has 0 heterocycles. The number of rotatable bonds is 6. The minimum atomic E-state index is -0.994. The molecule has 4 nitrogen and oxygen atoms in total. The van der Waals surface area contributed by atoms with Crippen LogP contribution in [-0.4, -0.2) is 23.0 Å². The summed E-state index contributed by atoms with van der Waals surface area (Å²) >= 11 is 0. The number of carboxylic acids is 1. The van der Waals surface area contributed by atoms with E-state index in [0.29, 0.717) is 17.7 Å². The first-order chi connectivity index (χ1) is 11.0. The fraction of sp³-hybridized carbons (Fsp3) is 0.263. The highest BCUT2D eigenvalue weighted by molar-refractivity contribution is 6.09. The molecule has 23 heavy (non-hydrogen) atoms. The lowest BCUT2D eigenvalue weighted by molar-refractivity contribution is -0.138. The number of para-hydroxylation sites is 1. The molecule has 1 N–H and O–H groups in total. The molecule has 0 aliphatic heterocycles. The van der Waals surface area contributed by atoms with Gasteiger partial charge in [0, 0.05) is 11.3 Å². The third-order valence-electron chi connectivity index (χ3n) is 3.57. The molecule has 0 aromatic heterocycles. The normalized spacial score (nSPS) is 12.0. The Balaban J connectivity index is 2.47. The molecule has 0 aliphatic rings. The molecule has 0 radical (unpaired) electrons. The molecule has 0 bridgehead atoms. The number of hydrogen-bond acceptors (Lipinski definition) is 2. The van der Waals surface area contributed by atoms with Crippen LogP contribution in [0.15, 0.2) is 60.7 Å². The number of hydrogen-bond donors (Lipinski definition) is 1. The zero-order chi connectivity index (χ0) is 16.8. The average Bonchev–Trinajstić information content (AvgIpc) is 2.55. The molecule has 2 aromatic rings. The van der Waals surface area contributed by atoms with Crippen LogP contribution in [0.3, 0.4) is 0 Å². The first kappa shape index (κ1) is 16.7. The fourth-order valence-electron chi connectivity index (χ4n) is 2.51. The SMILES string of the molecule is CC(C)C[C@@H](C(=O)O)N(C(=O)c1ccccc1)c1ccccc1. The molecular weight excluding hydrogens is 290 g/mol. The Hall–Kier alpha value is -2.62. The monoisotopic (exact) mass is 311 g/mol. The highest BCUT2D eigenvalue weighted by Gasteiger charge is 2.32. The van der Waals surface area contributed by atoms with Crippen LogP contribution in [0.25, 0.3) is 0 Å². The molecule has 1 atom stereocenters. The minimum absolute atomic E-state index is 0.158. The van der Waals surface area contributed by atoms with Crippen molar-refractivity contribution in [1.82, 2.24) is 0 Å². The van der Waals surface area contributed by atoms with Gasteiger partial charge in [0.1, 0.15) is 6.04 Å². The highest BCUT2D eigenvalue weighted by atomic mass is 16.4. The molecule has 0 saturated heterocycles. The molecular formula is C19H21NO3. The number of carbonyl (C=O) groups is 2. The predicted octanol–water partition coefficient (Wildman–Crippen LogP) is 3.83. The topological polar surface area (TPSA) is 57.6 Å². The second-order valence-corrected chi connectivity index (χ2v) is 5.86. The Kier molecular flexibility index (Phi) is 5.52. The maximum Gasteiger partial charge on any atom is 0.326 e. The summed E-state index contributed by atoms with van der Waals surface area (Å²) < 4.78 is 0. The molecule has 1 amide bonds. The van der Waals surface area contributed by atoms with E-state index in [2.05, 4.69) is 0 Å². The summed E-state index contributed by atoms with van der Waals surface area (Å²) in [6.45, 7) is 3.90. The van der Waals surface area contributed by atoms with Crippen LogP contribution in [0.1, 0.15) is 30.6 Å². The van der Waals surface area contributed by atoms with Crippen molar-refractivity contribution in [2.45, 2.75) is 26.3 Å². The van der Waals surface area contributed by atoms with Gasteiger partial charge in [0.25, 0.3) is 5.91 Å². The standard InChI is InChI=1S/C19H21NO3/c1-14(2)13-17(19(22)23)20(16-11-7-4-8-12-16)18(21)15-9-5-3-6-10-15/h3-12,14,17H,13H2,1-2H3,(H,22,23)/t17-/m0/s1. The van der Waals surface area contributed by atoms with Crippen molar-refractivity contribution in [2.24, 2.45) is 5.92 Å². The van der Waals surface area contributed by atoms with Gasteiger partial charge in [-0.25, -0.2) is 4.79 Å². The third-order valence-corrected chi connectivity index (χ3v) is 3.57. The molecule has 2 rings (SSSR count). The van der Waals surface area contributed by atoms with Crippen LogP contribution in [-0.2, 0) is 4.79 Å². The summed E-state index contributed by atoms with van der Waals surface area (Å²) in [5, 5.41) is 9.66. The van der Waals surface area contributed by atoms with Crippen LogP contribution >= 0.6 is 0 Å².